The summed E-state index contributed by atoms with van der Waals surface area (Å²) in [6, 6.07) is 9.53. The molecule has 1 fully saturated rings. The highest BCUT2D eigenvalue weighted by Crippen LogP contribution is 2.43. The number of likely N-dealkylation sites (N-methyl/N-ethyl adjacent to an activating group) is 1. The first kappa shape index (κ1) is 27.7. The van der Waals surface area contributed by atoms with Crippen LogP contribution in [0.2, 0.25) is 5.02 Å². The number of ether oxygens (including phenoxy) is 2. The molecule has 0 heterocycles. The fourth-order valence-electron chi connectivity index (χ4n) is 4.42. The Bertz CT molecular complexity index is 1250. The van der Waals surface area contributed by atoms with Crippen molar-refractivity contribution in [3.8, 4) is 5.75 Å². The van der Waals surface area contributed by atoms with Gasteiger partial charge in [-0.05, 0) is 89.4 Å². The van der Waals surface area contributed by atoms with Crippen LogP contribution in [0.3, 0.4) is 0 Å². The van der Waals surface area contributed by atoms with Crippen LogP contribution in [0.1, 0.15) is 56.3 Å². The molecule has 2 aromatic rings. The molecule has 0 radical (unpaired) electrons. The van der Waals surface area contributed by atoms with Crippen LogP contribution < -0.4 is 15.4 Å². The zero-order chi connectivity index (χ0) is 27.0. The molecule has 1 unspecified atom stereocenters. The smallest absolute Gasteiger partial charge is 0.408 e. The van der Waals surface area contributed by atoms with Crippen LogP contribution in [-0.2, 0) is 25.5 Å². The zero-order valence-electron chi connectivity index (χ0n) is 21.9. The van der Waals surface area contributed by atoms with Gasteiger partial charge < -0.3 is 20.1 Å². The highest BCUT2D eigenvalue weighted by atomic mass is 35.5. The van der Waals surface area contributed by atoms with Gasteiger partial charge in [-0.2, -0.15) is 8.42 Å². The number of benzene rings is 2. The maximum absolute atomic E-state index is 12.8. The lowest BCUT2D eigenvalue weighted by molar-refractivity contribution is 0.0480. The largest absolute Gasteiger partial charge is 0.492 e. The molecule has 37 heavy (non-hydrogen) atoms. The summed E-state index contributed by atoms with van der Waals surface area (Å²) < 4.78 is 42.7. The first-order chi connectivity index (χ1) is 17.3. The van der Waals surface area contributed by atoms with E-state index < -0.39 is 27.9 Å². The minimum Gasteiger partial charge on any atom is -0.492 e. The monoisotopic (exact) mass is 550 g/mol. The van der Waals surface area contributed by atoms with Crippen molar-refractivity contribution in [2.75, 3.05) is 20.3 Å². The number of fused-ring (bicyclic) bond motifs is 1. The second kappa shape index (κ2) is 10.4. The quantitative estimate of drug-likeness (QED) is 0.427. The molecule has 0 spiro atoms. The van der Waals surface area contributed by atoms with Crippen molar-refractivity contribution in [3.05, 3.63) is 58.1 Å². The van der Waals surface area contributed by atoms with Crippen molar-refractivity contribution in [1.82, 2.24) is 10.6 Å². The van der Waals surface area contributed by atoms with E-state index in [1.165, 1.54) is 12.1 Å². The minimum absolute atomic E-state index is 0.0135. The molecular weight excluding hydrogens is 516 g/mol. The molecule has 0 saturated heterocycles. The fraction of sp³-hybridized carbons (Fsp3) is 0.519. The van der Waals surface area contributed by atoms with E-state index in [2.05, 4.69) is 10.6 Å². The van der Waals surface area contributed by atoms with Gasteiger partial charge in [-0.3, -0.25) is 4.18 Å². The maximum Gasteiger partial charge on any atom is 0.408 e. The Balaban J connectivity index is 1.56. The molecule has 0 aliphatic heterocycles. The number of hydrogen-bond acceptors (Lipinski definition) is 7. The number of amides is 1. The van der Waals surface area contributed by atoms with Gasteiger partial charge in [-0.1, -0.05) is 29.3 Å². The lowest BCUT2D eigenvalue weighted by atomic mass is 10.0. The van der Waals surface area contributed by atoms with Crippen LogP contribution >= 0.6 is 11.6 Å². The number of nitrogens with one attached hydrogen (secondary N) is 2. The van der Waals surface area contributed by atoms with E-state index >= 15 is 0 Å². The van der Waals surface area contributed by atoms with Crippen molar-refractivity contribution in [2.24, 2.45) is 5.92 Å². The molecule has 2 aliphatic rings. The van der Waals surface area contributed by atoms with E-state index in [0.29, 0.717) is 23.8 Å². The van der Waals surface area contributed by atoms with Gasteiger partial charge in [0.05, 0.1) is 23.1 Å². The number of halogens is 1. The summed E-state index contributed by atoms with van der Waals surface area (Å²) in [6.45, 7) is 7.59. The summed E-state index contributed by atoms with van der Waals surface area (Å²) in [5.41, 5.74) is 1.83. The van der Waals surface area contributed by atoms with Gasteiger partial charge in [0, 0.05) is 10.9 Å². The van der Waals surface area contributed by atoms with Crippen LogP contribution in [0.15, 0.2) is 41.3 Å². The summed E-state index contributed by atoms with van der Waals surface area (Å²) in [5, 5.41) is 6.71. The SMILES string of the molecule is CNC1(COc2cc(Cl)c3c(c2)C(NC(=O)OC(C)(C)C)[C@H](COS(=O)(=O)c2ccc(C)cc2)C3)CC1. The molecular formula is C27H35ClN2O6S. The van der Waals surface area contributed by atoms with Crippen LogP contribution in [0.25, 0.3) is 0 Å². The van der Waals surface area contributed by atoms with Crippen molar-refractivity contribution >= 4 is 27.8 Å². The minimum atomic E-state index is -3.98. The summed E-state index contributed by atoms with van der Waals surface area (Å²) in [4.78, 5) is 12.8. The molecule has 0 bridgehead atoms. The number of carbonyl (C=O) groups is 1. The van der Waals surface area contributed by atoms with E-state index in [-0.39, 0.29) is 23.0 Å². The Morgan fingerprint density at radius 3 is 2.43 bits per heavy atom. The number of aryl methyl sites for hydroxylation is 1. The molecule has 8 nitrogen and oxygen atoms in total. The molecule has 1 amide bonds. The normalized spacial score (nSPS) is 20.3. The van der Waals surface area contributed by atoms with Gasteiger partial charge in [0.2, 0.25) is 0 Å². The molecule has 4 rings (SSSR count). The van der Waals surface area contributed by atoms with Crippen molar-refractivity contribution in [3.63, 3.8) is 0 Å². The summed E-state index contributed by atoms with van der Waals surface area (Å²) >= 11 is 6.65. The van der Waals surface area contributed by atoms with Gasteiger partial charge in [-0.15, -0.1) is 0 Å². The summed E-state index contributed by atoms with van der Waals surface area (Å²) in [5.74, 6) is 0.206. The van der Waals surface area contributed by atoms with E-state index in [9.17, 15) is 13.2 Å². The van der Waals surface area contributed by atoms with Gasteiger partial charge in [0.1, 0.15) is 18.0 Å². The number of hydrogen-bond donors (Lipinski definition) is 2. The molecule has 2 N–H and O–H groups in total. The predicted molar refractivity (Wildman–Crippen MR) is 142 cm³/mol. The third kappa shape index (κ3) is 6.76. The third-order valence-electron chi connectivity index (χ3n) is 6.79. The van der Waals surface area contributed by atoms with Gasteiger partial charge in [0.25, 0.3) is 10.1 Å². The van der Waals surface area contributed by atoms with E-state index in [1.54, 1.807) is 39.0 Å². The highest BCUT2D eigenvalue weighted by Gasteiger charge is 2.42. The average molecular weight is 551 g/mol. The molecule has 2 aliphatic carbocycles. The highest BCUT2D eigenvalue weighted by molar-refractivity contribution is 7.86. The standard InChI is InChI=1S/C27H35ClN2O6S/c1-17-6-8-20(9-7-17)37(32,33)35-15-18-12-21-22(24(18)30-25(31)36-26(2,3)4)13-19(14-23(21)28)34-16-27(29-5)10-11-27/h6-9,13-14,18,24,29H,10-12,15-16H2,1-5H3,(H,30,31)/t18-,24?/m0/s1. The second-order valence-corrected chi connectivity index (χ2v) is 13.0. The number of alkyl carbamates (subject to hydrolysis) is 1. The van der Waals surface area contributed by atoms with Crippen molar-refractivity contribution in [2.45, 2.75) is 69.0 Å². The maximum atomic E-state index is 12.8. The average Bonchev–Trinajstić information content (AvgIpc) is 3.52. The van der Waals surface area contributed by atoms with E-state index in [4.69, 9.17) is 25.3 Å². The Kier molecular flexibility index (Phi) is 7.82. The van der Waals surface area contributed by atoms with Crippen molar-refractivity contribution in [1.29, 1.82) is 0 Å². The first-order valence-corrected chi connectivity index (χ1v) is 14.2. The summed E-state index contributed by atoms with van der Waals surface area (Å²) in [7, 11) is -2.06. The molecule has 0 aromatic heterocycles. The van der Waals surface area contributed by atoms with E-state index in [1.807, 2.05) is 20.0 Å². The van der Waals surface area contributed by atoms with E-state index in [0.717, 1.165) is 29.5 Å². The predicted octanol–water partition coefficient (Wildman–Crippen LogP) is 4.92. The topological polar surface area (TPSA) is 103 Å². The Morgan fingerprint density at radius 1 is 1.16 bits per heavy atom. The lowest BCUT2D eigenvalue weighted by Crippen LogP contribution is -2.37. The van der Waals surface area contributed by atoms with Gasteiger partial charge in [0.15, 0.2) is 0 Å². The Morgan fingerprint density at radius 2 is 1.84 bits per heavy atom. The molecule has 202 valence electrons. The van der Waals surface area contributed by atoms with Crippen LogP contribution in [0.5, 0.6) is 5.75 Å². The third-order valence-corrected chi connectivity index (χ3v) is 8.43. The molecule has 2 atom stereocenters. The van der Waals surface area contributed by atoms with Gasteiger partial charge in [-0.25, -0.2) is 4.79 Å². The number of carbonyl (C=O) groups excluding carboxylic acids is 1. The zero-order valence-corrected chi connectivity index (χ0v) is 23.5. The Hall–Kier alpha value is -2.33. The molecule has 2 aromatic carbocycles. The second-order valence-electron chi connectivity index (χ2n) is 10.9. The number of rotatable bonds is 9. The van der Waals surface area contributed by atoms with Crippen LogP contribution in [-0.4, -0.2) is 45.9 Å². The summed E-state index contributed by atoms with van der Waals surface area (Å²) in [6.07, 6.45) is 1.91. The fourth-order valence-corrected chi connectivity index (χ4v) is 5.67. The molecule has 10 heteroatoms. The van der Waals surface area contributed by atoms with Crippen LogP contribution in [0, 0.1) is 12.8 Å². The van der Waals surface area contributed by atoms with Crippen LogP contribution in [0.4, 0.5) is 4.79 Å². The first-order valence-electron chi connectivity index (χ1n) is 12.4. The Labute approximate surface area is 224 Å². The lowest BCUT2D eigenvalue weighted by Gasteiger charge is -2.25. The van der Waals surface area contributed by atoms with Crippen molar-refractivity contribution < 1.29 is 26.9 Å². The van der Waals surface area contributed by atoms with Gasteiger partial charge >= 0.3 is 6.09 Å². The molecule has 1 saturated carbocycles.